The molecule has 0 saturated heterocycles. The monoisotopic (exact) mass is 275 g/mol. The molecule has 1 aliphatic carbocycles. The van der Waals surface area contributed by atoms with E-state index >= 15 is 0 Å². The molecule has 0 heterocycles. The maximum absolute atomic E-state index is 10.3. The molecule has 0 radical (unpaired) electrons. The third-order valence-corrected chi connectivity index (χ3v) is 4.90. The molecule has 1 N–H and O–H groups in total. The Labute approximate surface area is 123 Å². The van der Waals surface area contributed by atoms with Crippen LogP contribution in [0.5, 0.6) is 0 Å². The van der Waals surface area contributed by atoms with Crippen molar-refractivity contribution in [3.05, 3.63) is 29.3 Å². The Kier molecular flexibility index (Phi) is 5.09. The van der Waals surface area contributed by atoms with Gasteiger partial charge in [0.1, 0.15) is 0 Å². The highest BCUT2D eigenvalue weighted by atomic mass is 16.3. The number of rotatable bonds is 4. The summed E-state index contributed by atoms with van der Waals surface area (Å²) >= 11 is 0. The van der Waals surface area contributed by atoms with Gasteiger partial charge in [0.15, 0.2) is 0 Å². The van der Waals surface area contributed by atoms with Gasteiger partial charge in [-0.3, -0.25) is 0 Å². The van der Waals surface area contributed by atoms with Crippen molar-refractivity contribution in [3.63, 3.8) is 0 Å². The Morgan fingerprint density at radius 2 is 2.00 bits per heavy atom. The minimum atomic E-state index is -0.119. The Morgan fingerprint density at radius 1 is 1.25 bits per heavy atom. The number of aliphatic hydroxyl groups is 1. The summed E-state index contributed by atoms with van der Waals surface area (Å²) in [6.45, 7) is 7.54. The standard InChI is InChI=1S/C18H29NO/c1-5-15-7-9-18(20)16(11-15)12-19(4)17-8-6-13(2)10-14(17)3/h6,8,10,15-16,18,20H,5,7,9,11-12H2,1-4H3. The van der Waals surface area contributed by atoms with Crippen LogP contribution in [0.15, 0.2) is 18.2 Å². The van der Waals surface area contributed by atoms with E-state index in [1.807, 2.05) is 0 Å². The molecule has 112 valence electrons. The lowest BCUT2D eigenvalue weighted by molar-refractivity contribution is 0.0511. The van der Waals surface area contributed by atoms with E-state index < -0.39 is 0 Å². The van der Waals surface area contributed by atoms with Gasteiger partial charge < -0.3 is 10.0 Å². The molecule has 1 fully saturated rings. The first kappa shape index (κ1) is 15.4. The van der Waals surface area contributed by atoms with E-state index in [4.69, 9.17) is 0 Å². The second-order valence-corrected chi connectivity index (χ2v) is 6.59. The Bertz CT molecular complexity index is 443. The lowest BCUT2D eigenvalue weighted by atomic mass is 9.78. The third kappa shape index (κ3) is 3.54. The predicted octanol–water partition coefficient (Wildman–Crippen LogP) is 3.93. The van der Waals surface area contributed by atoms with E-state index in [0.29, 0.717) is 5.92 Å². The zero-order valence-electron chi connectivity index (χ0n) is 13.4. The molecule has 2 heteroatoms. The Hall–Kier alpha value is -1.02. The van der Waals surface area contributed by atoms with Crippen molar-refractivity contribution in [2.75, 3.05) is 18.5 Å². The average Bonchev–Trinajstić information content (AvgIpc) is 2.41. The first-order valence-corrected chi connectivity index (χ1v) is 7.97. The highest BCUT2D eigenvalue weighted by molar-refractivity contribution is 5.53. The first-order chi connectivity index (χ1) is 9.51. The zero-order chi connectivity index (χ0) is 14.7. The molecule has 3 atom stereocenters. The van der Waals surface area contributed by atoms with Gasteiger partial charge in [-0.15, -0.1) is 0 Å². The van der Waals surface area contributed by atoms with Gasteiger partial charge in [-0.05, 0) is 50.7 Å². The molecule has 0 aliphatic heterocycles. The van der Waals surface area contributed by atoms with Crippen molar-refractivity contribution in [2.24, 2.45) is 11.8 Å². The quantitative estimate of drug-likeness (QED) is 0.900. The van der Waals surface area contributed by atoms with Crippen LogP contribution < -0.4 is 4.90 Å². The molecule has 2 nitrogen and oxygen atoms in total. The fraction of sp³-hybridized carbons (Fsp3) is 0.667. The zero-order valence-corrected chi connectivity index (χ0v) is 13.4. The minimum absolute atomic E-state index is 0.119. The summed E-state index contributed by atoms with van der Waals surface area (Å²) in [5.41, 5.74) is 3.93. The average molecular weight is 275 g/mol. The number of hydrogen-bond donors (Lipinski definition) is 1. The highest BCUT2D eigenvalue weighted by Gasteiger charge is 2.29. The SMILES string of the molecule is CCC1CCC(O)C(CN(C)c2ccc(C)cc2C)C1. The van der Waals surface area contributed by atoms with E-state index in [2.05, 4.69) is 50.9 Å². The molecule has 1 saturated carbocycles. The number of benzene rings is 1. The molecule has 20 heavy (non-hydrogen) atoms. The third-order valence-electron chi connectivity index (χ3n) is 4.90. The molecule has 1 aromatic carbocycles. The van der Waals surface area contributed by atoms with Crippen molar-refractivity contribution in [2.45, 2.75) is 52.6 Å². The van der Waals surface area contributed by atoms with Crippen molar-refractivity contribution in [3.8, 4) is 0 Å². The largest absolute Gasteiger partial charge is 0.393 e. The minimum Gasteiger partial charge on any atom is -0.393 e. The molecule has 3 unspecified atom stereocenters. The summed E-state index contributed by atoms with van der Waals surface area (Å²) < 4.78 is 0. The van der Waals surface area contributed by atoms with Crippen LogP contribution in [-0.2, 0) is 0 Å². The Morgan fingerprint density at radius 3 is 2.65 bits per heavy atom. The van der Waals surface area contributed by atoms with E-state index in [0.717, 1.165) is 18.9 Å². The molecular formula is C18H29NO. The van der Waals surface area contributed by atoms with E-state index in [1.54, 1.807) is 0 Å². The van der Waals surface area contributed by atoms with Crippen LogP contribution in [0.3, 0.4) is 0 Å². The summed E-state index contributed by atoms with van der Waals surface area (Å²) in [6, 6.07) is 6.61. The van der Waals surface area contributed by atoms with Gasteiger partial charge in [-0.2, -0.15) is 0 Å². The molecule has 0 amide bonds. The lowest BCUT2D eigenvalue weighted by Gasteiger charge is -2.36. The van der Waals surface area contributed by atoms with Crippen LogP contribution in [0.4, 0.5) is 5.69 Å². The highest BCUT2D eigenvalue weighted by Crippen LogP contribution is 2.33. The lowest BCUT2D eigenvalue weighted by Crippen LogP contribution is -2.37. The van der Waals surface area contributed by atoms with E-state index in [1.165, 1.54) is 36.1 Å². The van der Waals surface area contributed by atoms with Crippen molar-refractivity contribution in [1.82, 2.24) is 0 Å². The number of aryl methyl sites for hydroxylation is 2. The van der Waals surface area contributed by atoms with Gasteiger partial charge in [0.25, 0.3) is 0 Å². The smallest absolute Gasteiger partial charge is 0.0585 e. The number of hydrogen-bond acceptors (Lipinski definition) is 2. The van der Waals surface area contributed by atoms with Gasteiger partial charge >= 0.3 is 0 Å². The van der Waals surface area contributed by atoms with Crippen LogP contribution in [-0.4, -0.2) is 24.8 Å². The predicted molar refractivity (Wildman–Crippen MR) is 86.3 cm³/mol. The van der Waals surface area contributed by atoms with Crippen LogP contribution in [0.25, 0.3) is 0 Å². The molecule has 1 aromatic rings. The Balaban J connectivity index is 2.04. The number of aliphatic hydroxyl groups excluding tert-OH is 1. The first-order valence-electron chi connectivity index (χ1n) is 7.97. The van der Waals surface area contributed by atoms with E-state index in [-0.39, 0.29) is 6.10 Å². The van der Waals surface area contributed by atoms with Crippen LogP contribution in [0.2, 0.25) is 0 Å². The van der Waals surface area contributed by atoms with Crippen molar-refractivity contribution in [1.29, 1.82) is 0 Å². The van der Waals surface area contributed by atoms with Gasteiger partial charge in [0.2, 0.25) is 0 Å². The van der Waals surface area contributed by atoms with Gasteiger partial charge in [0.05, 0.1) is 6.10 Å². The summed E-state index contributed by atoms with van der Waals surface area (Å²) in [5, 5.41) is 10.3. The number of nitrogens with zero attached hydrogens (tertiary/aromatic N) is 1. The normalized spacial score (nSPS) is 26.6. The van der Waals surface area contributed by atoms with Crippen molar-refractivity contribution < 1.29 is 5.11 Å². The number of anilines is 1. The second-order valence-electron chi connectivity index (χ2n) is 6.59. The summed E-state index contributed by atoms with van der Waals surface area (Å²) in [4.78, 5) is 2.32. The van der Waals surface area contributed by atoms with Gasteiger partial charge in [0, 0.05) is 25.2 Å². The maximum Gasteiger partial charge on any atom is 0.0585 e. The fourth-order valence-electron chi connectivity index (χ4n) is 3.60. The van der Waals surface area contributed by atoms with Gasteiger partial charge in [-0.25, -0.2) is 0 Å². The summed E-state index contributed by atoms with van der Waals surface area (Å²) in [6.07, 6.45) is 4.47. The molecule has 1 aliphatic rings. The fourth-order valence-corrected chi connectivity index (χ4v) is 3.60. The maximum atomic E-state index is 10.3. The summed E-state index contributed by atoms with van der Waals surface area (Å²) in [5.74, 6) is 1.22. The molecule has 0 spiro atoms. The van der Waals surface area contributed by atoms with E-state index in [9.17, 15) is 5.11 Å². The molecule has 2 rings (SSSR count). The van der Waals surface area contributed by atoms with Crippen LogP contribution in [0, 0.1) is 25.7 Å². The molecular weight excluding hydrogens is 246 g/mol. The van der Waals surface area contributed by atoms with Crippen LogP contribution >= 0.6 is 0 Å². The summed E-state index contributed by atoms with van der Waals surface area (Å²) in [7, 11) is 2.15. The molecule has 0 aromatic heterocycles. The van der Waals surface area contributed by atoms with Crippen LogP contribution in [0.1, 0.15) is 43.7 Å². The topological polar surface area (TPSA) is 23.5 Å². The molecule has 0 bridgehead atoms. The van der Waals surface area contributed by atoms with Crippen molar-refractivity contribution >= 4 is 5.69 Å². The van der Waals surface area contributed by atoms with Gasteiger partial charge in [-0.1, -0.05) is 31.0 Å². The second kappa shape index (κ2) is 6.62.